The van der Waals surface area contributed by atoms with E-state index < -0.39 is 0 Å². The molecular formula is C16H13BrO. The first-order valence-electron chi connectivity index (χ1n) is 5.93. The summed E-state index contributed by atoms with van der Waals surface area (Å²) in [6, 6.07) is 16.7. The van der Waals surface area contributed by atoms with Crippen LogP contribution in [0, 0.1) is 6.92 Å². The Morgan fingerprint density at radius 1 is 1.00 bits per heavy atom. The molecule has 0 fully saturated rings. The standard InChI is InChI=1S/C16H13BrO/c1-11-8-9-12-5-2-3-6-13(12)15(11)16(17)14-7-4-10-18-14/h2-10,16H,1H3. The van der Waals surface area contributed by atoms with Gasteiger partial charge < -0.3 is 4.42 Å². The topological polar surface area (TPSA) is 13.1 Å². The van der Waals surface area contributed by atoms with Crippen molar-refractivity contribution >= 4 is 26.7 Å². The molecule has 3 rings (SSSR count). The third-order valence-electron chi connectivity index (χ3n) is 3.24. The Kier molecular flexibility index (Phi) is 2.96. The Hall–Kier alpha value is -1.54. The van der Waals surface area contributed by atoms with E-state index in [1.165, 1.54) is 21.9 Å². The second kappa shape index (κ2) is 4.62. The van der Waals surface area contributed by atoms with Crippen molar-refractivity contribution in [1.82, 2.24) is 0 Å². The number of benzene rings is 2. The predicted octanol–water partition coefficient (Wildman–Crippen LogP) is 5.23. The van der Waals surface area contributed by atoms with Gasteiger partial charge >= 0.3 is 0 Å². The number of rotatable bonds is 2. The van der Waals surface area contributed by atoms with Crippen LogP contribution in [-0.2, 0) is 0 Å². The number of alkyl halides is 1. The first-order chi connectivity index (χ1) is 8.77. The molecule has 0 aliphatic heterocycles. The van der Waals surface area contributed by atoms with Crippen LogP contribution in [0.2, 0.25) is 0 Å². The van der Waals surface area contributed by atoms with Crippen molar-refractivity contribution < 1.29 is 4.42 Å². The van der Waals surface area contributed by atoms with E-state index in [0.29, 0.717) is 0 Å². The average Bonchev–Trinajstić information content (AvgIpc) is 2.92. The summed E-state index contributed by atoms with van der Waals surface area (Å²) in [6.07, 6.45) is 1.71. The zero-order valence-electron chi connectivity index (χ0n) is 10.1. The molecule has 0 aliphatic carbocycles. The molecular weight excluding hydrogens is 288 g/mol. The Labute approximate surface area is 115 Å². The number of hydrogen-bond donors (Lipinski definition) is 0. The van der Waals surface area contributed by atoms with Crippen LogP contribution in [0.4, 0.5) is 0 Å². The summed E-state index contributed by atoms with van der Waals surface area (Å²) >= 11 is 3.75. The summed E-state index contributed by atoms with van der Waals surface area (Å²) in [5.41, 5.74) is 2.55. The summed E-state index contributed by atoms with van der Waals surface area (Å²) in [5, 5.41) is 2.53. The smallest absolute Gasteiger partial charge is 0.121 e. The van der Waals surface area contributed by atoms with Gasteiger partial charge in [-0.2, -0.15) is 0 Å². The summed E-state index contributed by atoms with van der Waals surface area (Å²) in [7, 11) is 0. The van der Waals surface area contributed by atoms with Gasteiger partial charge in [0.2, 0.25) is 0 Å². The highest BCUT2D eigenvalue weighted by Crippen LogP contribution is 2.37. The molecule has 0 aliphatic rings. The molecule has 1 atom stereocenters. The van der Waals surface area contributed by atoms with Gasteiger partial charge in [-0.3, -0.25) is 0 Å². The van der Waals surface area contributed by atoms with Gasteiger partial charge in [-0.1, -0.05) is 52.3 Å². The molecule has 2 aromatic carbocycles. The minimum Gasteiger partial charge on any atom is -0.468 e. The number of hydrogen-bond acceptors (Lipinski definition) is 1. The van der Waals surface area contributed by atoms with E-state index in [2.05, 4.69) is 59.3 Å². The molecule has 0 bridgehead atoms. The van der Waals surface area contributed by atoms with E-state index in [9.17, 15) is 0 Å². The van der Waals surface area contributed by atoms with Gasteiger partial charge in [0.15, 0.2) is 0 Å². The minimum absolute atomic E-state index is 0.0959. The van der Waals surface area contributed by atoms with Gasteiger partial charge in [0.05, 0.1) is 11.1 Å². The van der Waals surface area contributed by atoms with Gasteiger partial charge in [-0.05, 0) is 41.0 Å². The highest BCUT2D eigenvalue weighted by molar-refractivity contribution is 9.09. The van der Waals surface area contributed by atoms with Crippen LogP contribution in [0.3, 0.4) is 0 Å². The number of furan rings is 1. The minimum atomic E-state index is 0.0959. The summed E-state index contributed by atoms with van der Waals surface area (Å²) in [4.78, 5) is 0.0959. The molecule has 90 valence electrons. The molecule has 2 heteroatoms. The second-order valence-electron chi connectivity index (χ2n) is 4.40. The van der Waals surface area contributed by atoms with Crippen LogP contribution in [0.1, 0.15) is 21.7 Å². The molecule has 18 heavy (non-hydrogen) atoms. The Balaban J connectivity index is 2.24. The van der Waals surface area contributed by atoms with Crippen LogP contribution < -0.4 is 0 Å². The van der Waals surface area contributed by atoms with Crippen molar-refractivity contribution in [1.29, 1.82) is 0 Å². The summed E-state index contributed by atoms with van der Waals surface area (Å²) in [6.45, 7) is 2.14. The van der Waals surface area contributed by atoms with E-state index in [-0.39, 0.29) is 4.83 Å². The average molecular weight is 301 g/mol. The van der Waals surface area contributed by atoms with Crippen LogP contribution in [0.5, 0.6) is 0 Å². The van der Waals surface area contributed by atoms with E-state index in [0.717, 1.165) is 5.76 Å². The van der Waals surface area contributed by atoms with Gasteiger partial charge in [-0.25, -0.2) is 0 Å². The molecule has 1 aromatic heterocycles. The maximum atomic E-state index is 5.51. The molecule has 1 nitrogen and oxygen atoms in total. The third-order valence-corrected chi connectivity index (χ3v) is 4.14. The number of aryl methyl sites for hydroxylation is 1. The number of fused-ring (bicyclic) bond motifs is 1. The highest BCUT2D eigenvalue weighted by atomic mass is 79.9. The van der Waals surface area contributed by atoms with Crippen molar-refractivity contribution in [3.8, 4) is 0 Å². The van der Waals surface area contributed by atoms with E-state index in [4.69, 9.17) is 4.42 Å². The SMILES string of the molecule is Cc1ccc2ccccc2c1C(Br)c1ccco1. The molecule has 0 saturated carbocycles. The maximum Gasteiger partial charge on any atom is 0.121 e. The lowest BCUT2D eigenvalue weighted by molar-refractivity contribution is 0.520. The fraction of sp³-hybridized carbons (Fsp3) is 0.125. The summed E-state index contributed by atoms with van der Waals surface area (Å²) in [5.74, 6) is 0.939. The first kappa shape index (κ1) is 11.5. The van der Waals surface area contributed by atoms with Gasteiger partial charge in [0.25, 0.3) is 0 Å². The van der Waals surface area contributed by atoms with E-state index in [1.807, 2.05) is 12.1 Å². The molecule has 3 aromatic rings. The lowest BCUT2D eigenvalue weighted by Crippen LogP contribution is -1.96. The molecule has 0 spiro atoms. The van der Waals surface area contributed by atoms with Gasteiger partial charge in [0.1, 0.15) is 5.76 Å². The van der Waals surface area contributed by atoms with E-state index in [1.54, 1.807) is 6.26 Å². The quantitative estimate of drug-likeness (QED) is 0.591. The van der Waals surface area contributed by atoms with Crippen molar-refractivity contribution in [3.63, 3.8) is 0 Å². The van der Waals surface area contributed by atoms with Crippen LogP contribution in [-0.4, -0.2) is 0 Å². The fourth-order valence-corrected chi connectivity index (χ4v) is 3.19. The Morgan fingerprint density at radius 3 is 2.61 bits per heavy atom. The third kappa shape index (κ3) is 1.87. The van der Waals surface area contributed by atoms with Crippen LogP contribution in [0.15, 0.2) is 59.2 Å². The molecule has 0 radical (unpaired) electrons. The Bertz CT molecular complexity index is 671. The largest absolute Gasteiger partial charge is 0.468 e. The molecule has 1 heterocycles. The van der Waals surface area contributed by atoms with Gasteiger partial charge in [-0.15, -0.1) is 0 Å². The predicted molar refractivity (Wildman–Crippen MR) is 78.2 cm³/mol. The zero-order chi connectivity index (χ0) is 12.5. The molecule has 0 amide bonds. The monoisotopic (exact) mass is 300 g/mol. The van der Waals surface area contributed by atoms with Crippen molar-refractivity contribution in [2.75, 3.05) is 0 Å². The van der Waals surface area contributed by atoms with Crippen molar-refractivity contribution in [3.05, 3.63) is 71.7 Å². The van der Waals surface area contributed by atoms with Gasteiger partial charge in [0, 0.05) is 0 Å². The second-order valence-corrected chi connectivity index (χ2v) is 5.31. The number of halogens is 1. The van der Waals surface area contributed by atoms with Crippen LogP contribution >= 0.6 is 15.9 Å². The molecule has 0 saturated heterocycles. The zero-order valence-corrected chi connectivity index (χ0v) is 11.6. The molecule has 1 unspecified atom stereocenters. The molecule has 0 N–H and O–H groups in total. The lowest BCUT2D eigenvalue weighted by atomic mass is 9.96. The Morgan fingerprint density at radius 2 is 1.83 bits per heavy atom. The lowest BCUT2D eigenvalue weighted by Gasteiger charge is -2.14. The van der Waals surface area contributed by atoms with Crippen molar-refractivity contribution in [2.45, 2.75) is 11.8 Å². The van der Waals surface area contributed by atoms with Crippen LogP contribution in [0.25, 0.3) is 10.8 Å². The normalized spacial score (nSPS) is 12.8. The van der Waals surface area contributed by atoms with E-state index >= 15 is 0 Å². The van der Waals surface area contributed by atoms with Crippen molar-refractivity contribution in [2.24, 2.45) is 0 Å². The highest BCUT2D eigenvalue weighted by Gasteiger charge is 2.17. The fourth-order valence-electron chi connectivity index (χ4n) is 2.32. The maximum absolute atomic E-state index is 5.51. The summed E-state index contributed by atoms with van der Waals surface area (Å²) < 4.78 is 5.51. The first-order valence-corrected chi connectivity index (χ1v) is 6.84.